The van der Waals surface area contributed by atoms with Crippen LogP contribution in [0.3, 0.4) is 0 Å². The smallest absolute Gasteiger partial charge is 0.158 e. The average Bonchev–Trinajstić information content (AvgIpc) is 2.82. The summed E-state index contributed by atoms with van der Waals surface area (Å²) in [5, 5.41) is 0. The molecule has 0 aromatic heterocycles. The summed E-state index contributed by atoms with van der Waals surface area (Å²) in [4.78, 5) is 24.9. The molecule has 0 heterocycles. The minimum Gasteiger partial charge on any atom is -0.295 e. The van der Waals surface area contributed by atoms with Crippen molar-refractivity contribution in [3.8, 4) is 11.1 Å². The summed E-state index contributed by atoms with van der Waals surface area (Å²) in [7, 11) is 0. The van der Waals surface area contributed by atoms with Crippen LogP contribution in [-0.2, 0) is 9.59 Å². The van der Waals surface area contributed by atoms with Crippen molar-refractivity contribution < 1.29 is 9.59 Å². The molecule has 0 bridgehead atoms. The fourth-order valence-electron chi connectivity index (χ4n) is 5.28. The zero-order valence-electron chi connectivity index (χ0n) is 21.7. The molecule has 0 amide bonds. The number of allylic oxidation sites excluding steroid dienone is 3. The minimum absolute atomic E-state index is 0.225. The Labute approximate surface area is 210 Å². The van der Waals surface area contributed by atoms with Crippen molar-refractivity contribution >= 4 is 23.7 Å². The van der Waals surface area contributed by atoms with Crippen LogP contribution < -0.4 is 0 Å². The van der Waals surface area contributed by atoms with Gasteiger partial charge in [0.2, 0.25) is 0 Å². The highest BCUT2D eigenvalue weighted by Gasteiger charge is 2.31. The molecule has 0 saturated heterocycles. The second-order valence-electron chi connectivity index (χ2n) is 11.5. The first-order chi connectivity index (χ1) is 16.6. The minimum atomic E-state index is 0.225. The van der Waals surface area contributed by atoms with Crippen LogP contribution in [0.2, 0.25) is 0 Å². The van der Waals surface area contributed by atoms with E-state index in [0.717, 1.165) is 59.1 Å². The van der Waals surface area contributed by atoms with E-state index in [1.165, 1.54) is 5.57 Å². The van der Waals surface area contributed by atoms with Gasteiger partial charge in [-0.15, -0.1) is 0 Å². The van der Waals surface area contributed by atoms with E-state index in [1.807, 2.05) is 6.08 Å². The van der Waals surface area contributed by atoms with Crippen molar-refractivity contribution in [2.24, 2.45) is 17.3 Å². The number of ketones is 2. The van der Waals surface area contributed by atoms with Gasteiger partial charge >= 0.3 is 0 Å². The lowest BCUT2D eigenvalue weighted by Gasteiger charge is -2.34. The lowest BCUT2D eigenvalue weighted by atomic mass is 9.70. The van der Waals surface area contributed by atoms with Crippen LogP contribution in [0.25, 0.3) is 23.3 Å². The van der Waals surface area contributed by atoms with Crippen LogP contribution in [0.1, 0.15) is 77.3 Å². The predicted octanol–water partition coefficient (Wildman–Crippen LogP) is 8.48. The van der Waals surface area contributed by atoms with Gasteiger partial charge in [0.1, 0.15) is 0 Å². The molecule has 2 atom stereocenters. The van der Waals surface area contributed by atoms with Gasteiger partial charge in [-0.1, -0.05) is 81.5 Å². The van der Waals surface area contributed by atoms with Crippen molar-refractivity contribution in [1.29, 1.82) is 0 Å². The summed E-state index contributed by atoms with van der Waals surface area (Å²) in [6.07, 6.45) is 8.99. The van der Waals surface area contributed by atoms with Gasteiger partial charge in [-0.05, 0) is 95.4 Å². The number of benzene rings is 2. The van der Waals surface area contributed by atoms with Crippen molar-refractivity contribution in [3.63, 3.8) is 0 Å². The summed E-state index contributed by atoms with van der Waals surface area (Å²) in [5.74, 6) is 1.52. The van der Waals surface area contributed by atoms with Crippen molar-refractivity contribution in [2.75, 3.05) is 0 Å². The highest BCUT2D eigenvalue weighted by atomic mass is 16.1. The number of Topliss-reactive ketones (excluding diaryl/α,β-unsaturated/α-hetero) is 2. The first kappa shape index (κ1) is 25.1. The molecule has 2 nitrogen and oxygen atoms in total. The van der Waals surface area contributed by atoms with Gasteiger partial charge in [-0.25, -0.2) is 0 Å². The molecule has 2 aliphatic carbocycles. The van der Waals surface area contributed by atoms with Gasteiger partial charge in [0.25, 0.3) is 0 Å². The topological polar surface area (TPSA) is 34.1 Å². The quantitative estimate of drug-likeness (QED) is 0.334. The number of carbonyl (C=O) groups is 2. The number of rotatable bonds is 4. The lowest BCUT2D eigenvalue weighted by Crippen LogP contribution is -2.27. The fraction of sp³-hybridized carbons (Fsp3) is 0.394. The summed E-state index contributed by atoms with van der Waals surface area (Å²) >= 11 is 0. The summed E-state index contributed by atoms with van der Waals surface area (Å²) in [5.41, 5.74) is 7.70. The summed E-state index contributed by atoms with van der Waals surface area (Å²) in [6.45, 7) is 13.0. The van der Waals surface area contributed by atoms with E-state index in [1.54, 1.807) is 0 Å². The fourth-order valence-corrected chi connectivity index (χ4v) is 5.28. The third-order valence-corrected chi connectivity index (χ3v) is 7.85. The molecule has 0 N–H and O–H groups in total. The molecule has 182 valence electrons. The standard InChI is InChI=1S/C33H38O2/c1-22(2)27-14-16-31(34)28(20-27)18-23-6-10-25(11-7-23)26-12-8-24(9-13-26)19-29-21-30(33(3,4)5)15-17-32(29)35/h6-13,18-19,27,30H,1,14-17,20-21H2,2-5H3/b28-18+,29-19+. The highest BCUT2D eigenvalue weighted by molar-refractivity contribution is 6.01. The molecule has 0 aliphatic heterocycles. The van der Waals surface area contributed by atoms with Crippen molar-refractivity contribution in [2.45, 2.75) is 66.2 Å². The van der Waals surface area contributed by atoms with E-state index in [0.29, 0.717) is 30.5 Å². The number of hydrogen-bond acceptors (Lipinski definition) is 2. The largest absolute Gasteiger partial charge is 0.295 e. The van der Waals surface area contributed by atoms with E-state index < -0.39 is 0 Å². The molecule has 2 aliphatic rings. The number of hydrogen-bond donors (Lipinski definition) is 0. The van der Waals surface area contributed by atoms with Crippen LogP contribution in [0, 0.1) is 17.3 Å². The van der Waals surface area contributed by atoms with E-state index in [-0.39, 0.29) is 11.2 Å². The van der Waals surface area contributed by atoms with Gasteiger partial charge < -0.3 is 0 Å². The summed E-state index contributed by atoms with van der Waals surface area (Å²) in [6, 6.07) is 16.8. The third kappa shape index (κ3) is 6.17. The number of carbonyl (C=O) groups excluding carboxylic acids is 2. The molecule has 2 aromatic carbocycles. The Morgan fingerprint density at radius 3 is 1.69 bits per heavy atom. The molecule has 2 unspecified atom stereocenters. The Hall–Kier alpha value is -3.00. The molecule has 0 radical (unpaired) electrons. The Morgan fingerprint density at radius 2 is 1.23 bits per heavy atom. The highest BCUT2D eigenvalue weighted by Crippen LogP contribution is 2.39. The molecule has 2 aromatic rings. The van der Waals surface area contributed by atoms with Crippen LogP contribution >= 0.6 is 0 Å². The molecule has 0 spiro atoms. The average molecular weight is 467 g/mol. The first-order valence-corrected chi connectivity index (χ1v) is 12.9. The maximum absolute atomic E-state index is 12.5. The molecular weight excluding hydrogens is 428 g/mol. The molecule has 35 heavy (non-hydrogen) atoms. The van der Waals surface area contributed by atoms with E-state index >= 15 is 0 Å². The Balaban J connectivity index is 1.47. The van der Waals surface area contributed by atoms with Gasteiger partial charge in [0.05, 0.1) is 0 Å². The van der Waals surface area contributed by atoms with Crippen LogP contribution in [-0.4, -0.2) is 11.6 Å². The molecular formula is C33H38O2. The first-order valence-electron chi connectivity index (χ1n) is 12.9. The molecule has 2 heteroatoms. The maximum atomic E-state index is 12.5. The van der Waals surface area contributed by atoms with Crippen LogP contribution in [0.4, 0.5) is 0 Å². The zero-order valence-corrected chi connectivity index (χ0v) is 21.7. The van der Waals surface area contributed by atoms with Gasteiger partial charge in [-0.3, -0.25) is 9.59 Å². The van der Waals surface area contributed by atoms with Crippen LogP contribution in [0.15, 0.2) is 71.8 Å². The second-order valence-corrected chi connectivity index (χ2v) is 11.5. The Kier molecular flexibility index (Phi) is 7.40. The molecule has 2 saturated carbocycles. The van der Waals surface area contributed by atoms with Gasteiger partial charge in [0.15, 0.2) is 11.6 Å². The van der Waals surface area contributed by atoms with Gasteiger partial charge in [0, 0.05) is 12.8 Å². The Bertz CT molecular complexity index is 1170. The van der Waals surface area contributed by atoms with Crippen LogP contribution in [0.5, 0.6) is 0 Å². The Morgan fingerprint density at radius 1 is 0.771 bits per heavy atom. The van der Waals surface area contributed by atoms with E-state index in [9.17, 15) is 9.59 Å². The van der Waals surface area contributed by atoms with E-state index in [4.69, 9.17) is 0 Å². The normalized spacial score (nSPS) is 23.7. The molecule has 4 rings (SSSR count). The van der Waals surface area contributed by atoms with Gasteiger partial charge in [-0.2, -0.15) is 0 Å². The maximum Gasteiger partial charge on any atom is 0.158 e. The monoisotopic (exact) mass is 466 g/mol. The predicted molar refractivity (Wildman–Crippen MR) is 147 cm³/mol. The third-order valence-electron chi connectivity index (χ3n) is 7.85. The second kappa shape index (κ2) is 10.3. The SMILES string of the molecule is C=C(C)C1CCC(=O)/C(=C/c2ccc(-c3ccc(/C=C4\CC(C(C)(C)C)CCC4=O)cc3)cc2)C1. The molecule has 2 fully saturated rings. The zero-order chi connectivity index (χ0) is 25.2. The van der Waals surface area contributed by atoms with E-state index in [2.05, 4.69) is 88.9 Å². The lowest BCUT2D eigenvalue weighted by molar-refractivity contribution is -0.117. The summed E-state index contributed by atoms with van der Waals surface area (Å²) < 4.78 is 0. The van der Waals surface area contributed by atoms with Crippen molar-refractivity contribution in [3.05, 3.63) is 83.0 Å². The van der Waals surface area contributed by atoms with Crippen molar-refractivity contribution in [1.82, 2.24) is 0 Å².